The summed E-state index contributed by atoms with van der Waals surface area (Å²) in [7, 11) is 0. The molecule has 0 heterocycles. The molecular formula is C5H3F5. The van der Waals surface area contributed by atoms with Crippen molar-refractivity contribution in [2.45, 2.75) is 18.0 Å². The van der Waals surface area contributed by atoms with Crippen molar-refractivity contribution in [1.82, 2.24) is 0 Å². The molecule has 1 rings (SSSR count). The first-order valence-corrected chi connectivity index (χ1v) is 2.41. The Morgan fingerprint density at radius 2 is 1.60 bits per heavy atom. The molecule has 0 amide bonds. The van der Waals surface area contributed by atoms with Crippen molar-refractivity contribution in [3.63, 3.8) is 0 Å². The van der Waals surface area contributed by atoms with Crippen LogP contribution in [0.5, 0.6) is 0 Å². The maximum absolute atomic E-state index is 11.9. The average Bonchev–Trinajstić information content (AvgIpc) is 1.84. The van der Waals surface area contributed by atoms with Crippen LogP contribution in [-0.2, 0) is 0 Å². The summed E-state index contributed by atoms with van der Waals surface area (Å²) in [6.45, 7) is 2.48. The van der Waals surface area contributed by atoms with Crippen molar-refractivity contribution in [3.8, 4) is 0 Å². The van der Waals surface area contributed by atoms with Crippen LogP contribution in [0.3, 0.4) is 0 Å². The van der Waals surface area contributed by atoms with Gasteiger partial charge < -0.3 is 0 Å². The highest BCUT2D eigenvalue weighted by molar-refractivity contribution is 5.33. The Kier molecular flexibility index (Phi) is 1.14. The standard InChI is InChI=1S/C5H3F5/c1-2-3(6)5(9,10)4(2,7)8/h3H,1H2. The Labute approximate surface area is 53.3 Å². The molecule has 1 unspecified atom stereocenters. The second-order valence-electron chi connectivity index (χ2n) is 2.09. The van der Waals surface area contributed by atoms with Gasteiger partial charge in [-0.2, -0.15) is 17.6 Å². The summed E-state index contributed by atoms with van der Waals surface area (Å²) in [6, 6.07) is 0. The van der Waals surface area contributed by atoms with Crippen molar-refractivity contribution >= 4 is 0 Å². The van der Waals surface area contributed by atoms with Crippen LogP contribution in [0.25, 0.3) is 0 Å². The molecule has 5 heteroatoms. The molecule has 1 aliphatic carbocycles. The van der Waals surface area contributed by atoms with Gasteiger partial charge in [0.25, 0.3) is 0 Å². The summed E-state index contributed by atoms with van der Waals surface area (Å²) in [5, 5.41) is 0. The monoisotopic (exact) mass is 158 g/mol. The van der Waals surface area contributed by atoms with E-state index in [9.17, 15) is 22.0 Å². The third kappa shape index (κ3) is 0.507. The number of halogens is 5. The molecule has 1 atom stereocenters. The van der Waals surface area contributed by atoms with E-state index in [1.165, 1.54) is 0 Å². The lowest BCUT2D eigenvalue weighted by atomic mass is 9.82. The van der Waals surface area contributed by atoms with Crippen LogP contribution in [0.15, 0.2) is 12.2 Å². The molecular weight excluding hydrogens is 155 g/mol. The zero-order valence-electron chi connectivity index (χ0n) is 4.67. The molecule has 0 radical (unpaired) electrons. The molecule has 0 bridgehead atoms. The van der Waals surface area contributed by atoms with Gasteiger partial charge >= 0.3 is 11.8 Å². The molecule has 1 aliphatic rings. The molecule has 0 saturated heterocycles. The first kappa shape index (κ1) is 7.50. The van der Waals surface area contributed by atoms with E-state index in [1.54, 1.807) is 0 Å². The van der Waals surface area contributed by atoms with Crippen LogP contribution in [0.2, 0.25) is 0 Å². The summed E-state index contributed by atoms with van der Waals surface area (Å²) in [5.41, 5.74) is -1.34. The Hall–Kier alpha value is -0.610. The normalized spacial score (nSPS) is 35.3. The molecule has 0 aliphatic heterocycles. The van der Waals surface area contributed by atoms with Gasteiger partial charge in [-0.05, 0) is 0 Å². The van der Waals surface area contributed by atoms with Gasteiger partial charge in [0.15, 0.2) is 6.17 Å². The van der Waals surface area contributed by atoms with Crippen molar-refractivity contribution in [3.05, 3.63) is 12.2 Å². The zero-order valence-corrected chi connectivity index (χ0v) is 4.67. The van der Waals surface area contributed by atoms with Gasteiger partial charge in [-0.15, -0.1) is 0 Å². The van der Waals surface area contributed by atoms with Gasteiger partial charge in [-0.1, -0.05) is 6.58 Å². The summed E-state index contributed by atoms with van der Waals surface area (Å²) < 4.78 is 59.1. The van der Waals surface area contributed by atoms with Gasteiger partial charge in [0.05, 0.1) is 0 Å². The highest BCUT2D eigenvalue weighted by atomic mass is 19.3. The Morgan fingerprint density at radius 1 is 1.20 bits per heavy atom. The predicted octanol–water partition coefficient (Wildman–Crippen LogP) is 2.16. The van der Waals surface area contributed by atoms with Gasteiger partial charge in [0.2, 0.25) is 0 Å². The van der Waals surface area contributed by atoms with Crippen LogP contribution in [0.4, 0.5) is 22.0 Å². The lowest BCUT2D eigenvalue weighted by molar-refractivity contribution is -0.267. The Morgan fingerprint density at radius 3 is 1.70 bits per heavy atom. The van der Waals surface area contributed by atoms with Gasteiger partial charge in [-0.3, -0.25) is 0 Å². The maximum atomic E-state index is 11.9. The molecule has 0 nitrogen and oxygen atoms in total. The predicted molar refractivity (Wildman–Crippen MR) is 23.9 cm³/mol. The molecule has 0 aromatic heterocycles. The topological polar surface area (TPSA) is 0 Å². The molecule has 0 aromatic rings. The quantitative estimate of drug-likeness (QED) is 0.374. The second kappa shape index (κ2) is 1.52. The largest absolute Gasteiger partial charge is 0.348 e. The first-order valence-electron chi connectivity index (χ1n) is 2.41. The van der Waals surface area contributed by atoms with Gasteiger partial charge in [0.1, 0.15) is 0 Å². The van der Waals surface area contributed by atoms with Crippen LogP contribution >= 0.6 is 0 Å². The van der Waals surface area contributed by atoms with Gasteiger partial charge in [0, 0.05) is 5.57 Å². The highest BCUT2D eigenvalue weighted by Gasteiger charge is 2.76. The molecule has 0 N–H and O–H groups in total. The fraction of sp³-hybridized carbons (Fsp3) is 0.600. The van der Waals surface area contributed by atoms with Crippen LogP contribution in [0, 0.1) is 0 Å². The number of rotatable bonds is 0. The molecule has 0 spiro atoms. The van der Waals surface area contributed by atoms with E-state index >= 15 is 0 Å². The van der Waals surface area contributed by atoms with Crippen LogP contribution in [0.1, 0.15) is 0 Å². The molecule has 58 valence electrons. The molecule has 1 fully saturated rings. The van der Waals surface area contributed by atoms with E-state index in [2.05, 4.69) is 6.58 Å². The average molecular weight is 158 g/mol. The number of alkyl halides is 5. The second-order valence-corrected chi connectivity index (χ2v) is 2.09. The lowest BCUT2D eigenvalue weighted by Crippen LogP contribution is -2.62. The SMILES string of the molecule is C=C1C(F)C(F)(F)C1(F)F. The Bertz CT molecular complexity index is 182. The number of hydrogen-bond acceptors (Lipinski definition) is 0. The first-order chi connectivity index (χ1) is 4.32. The Balaban J connectivity index is 2.92. The summed E-state index contributed by atoms with van der Waals surface area (Å²) >= 11 is 0. The minimum Gasteiger partial charge on any atom is -0.235 e. The smallest absolute Gasteiger partial charge is 0.235 e. The van der Waals surface area contributed by atoms with E-state index in [1.807, 2.05) is 0 Å². The number of allylic oxidation sites excluding steroid dienone is 1. The van der Waals surface area contributed by atoms with Gasteiger partial charge in [-0.25, -0.2) is 4.39 Å². The highest BCUT2D eigenvalue weighted by Crippen LogP contribution is 2.55. The third-order valence-electron chi connectivity index (χ3n) is 1.45. The minimum absolute atomic E-state index is 1.34. The summed E-state index contributed by atoms with van der Waals surface area (Å²) in [5.74, 6) is -8.91. The van der Waals surface area contributed by atoms with Crippen molar-refractivity contribution in [2.75, 3.05) is 0 Å². The van der Waals surface area contributed by atoms with Crippen molar-refractivity contribution < 1.29 is 22.0 Å². The molecule has 1 saturated carbocycles. The van der Waals surface area contributed by atoms with Crippen molar-refractivity contribution in [1.29, 1.82) is 0 Å². The van der Waals surface area contributed by atoms with E-state index in [-0.39, 0.29) is 0 Å². The lowest BCUT2D eigenvalue weighted by Gasteiger charge is -2.40. The van der Waals surface area contributed by atoms with Crippen LogP contribution < -0.4 is 0 Å². The van der Waals surface area contributed by atoms with Crippen molar-refractivity contribution in [2.24, 2.45) is 0 Å². The third-order valence-corrected chi connectivity index (χ3v) is 1.45. The van der Waals surface area contributed by atoms with E-state index in [0.717, 1.165) is 0 Å². The van der Waals surface area contributed by atoms with E-state index < -0.39 is 23.6 Å². The summed E-state index contributed by atoms with van der Waals surface area (Å²) in [6.07, 6.45) is -2.89. The zero-order chi connectivity index (χ0) is 8.15. The minimum atomic E-state index is -4.55. The maximum Gasteiger partial charge on any atom is 0.348 e. The fourth-order valence-electron chi connectivity index (χ4n) is 0.673. The fourth-order valence-corrected chi connectivity index (χ4v) is 0.673. The van der Waals surface area contributed by atoms with E-state index in [4.69, 9.17) is 0 Å². The number of hydrogen-bond donors (Lipinski definition) is 0. The van der Waals surface area contributed by atoms with E-state index in [0.29, 0.717) is 0 Å². The summed E-state index contributed by atoms with van der Waals surface area (Å²) in [4.78, 5) is 0. The molecule has 10 heavy (non-hydrogen) atoms. The van der Waals surface area contributed by atoms with Crippen LogP contribution in [-0.4, -0.2) is 18.0 Å². The molecule has 0 aromatic carbocycles.